The molecule has 0 bridgehead atoms. The topological polar surface area (TPSA) is 46.3 Å². The molecule has 1 heterocycles. The lowest BCUT2D eigenvalue weighted by Gasteiger charge is -2.24. The van der Waals surface area contributed by atoms with Crippen molar-refractivity contribution in [1.29, 1.82) is 0 Å². The fraction of sp³-hybridized carbons (Fsp3) is 0.533. The summed E-state index contributed by atoms with van der Waals surface area (Å²) in [5, 5.41) is 0. The van der Waals surface area contributed by atoms with E-state index < -0.39 is 0 Å². The van der Waals surface area contributed by atoms with Crippen LogP contribution >= 0.6 is 11.8 Å². The Morgan fingerprint density at radius 2 is 1.85 bits per heavy atom. The molecule has 1 aliphatic heterocycles. The van der Waals surface area contributed by atoms with E-state index in [1.807, 2.05) is 4.90 Å². The summed E-state index contributed by atoms with van der Waals surface area (Å²) in [5.41, 5.74) is 5.91. The van der Waals surface area contributed by atoms with Gasteiger partial charge in [-0.15, -0.1) is 11.8 Å². The van der Waals surface area contributed by atoms with E-state index in [0.29, 0.717) is 16.3 Å². The summed E-state index contributed by atoms with van der Waals surface area (Å²) in [7, 11) is 0. The molecule has 0 aliphatic carbocycles. The molecule has 2 rings (SSSR count). The molecule has 1 saturated heterocycles. The maximum Gasteiger partial charge on any atom is 0.232 e. The quantitative estimate of drug-likeness (QED) is 0.687. The molecule has 0 saturated carbocycles. The number of nitrogen functional groups attached to an aromatic ring is 1. The number of nitrogens with zero attached hydrogens (tertiary/aromatic N) is 1. The lowest BCUT2D eigenvalue weighted by atomic mass is 10.1. The number of hydrogen-bond donors (Lipinski definition) is 1. The Labute approximate surface area is 123 Å². The second-order valence-electron chi connectivity index (χ2n) is 5.13. The maximum atomic E-state index is 13.6. The second kappa shape index (κ2) is 7.53. The molecular formula is C15H21FN2OS. The standard InChI is InChI=1S/C15H21FN2OS/c16-13-10-12(17)6-7-14(13)20-11-15(19)18-8-4-2-1-3-5-9-18/h6-7,10H,1-5,8-9,11,17H2. The lowest BCUT2D eigenvalue weighted by Crippen LogP contribution is -2.35. The fourth-order valence-electron chi connectivity index (χ4n) is 2.36. The highest BCUT2D eigenvalue weighted by molar-refractivity contribution is 8.00. The third kappa shape index (κ3) is 4.40. The number of anilines is 1. The van der Waals surface area contributed by atoms with Gasteiger partial charge in [0.2, 0.25) is 5.91 Å². The highest BCUT2D eigenvalue weighted by atomic mass is 32.2. The largest absolute Gasteiger partial charge is 0.399 e. The molecule has 0 aromatic heterocycles. The van der Waals surface area contributed by atoms with E-state index in [2.05, 4.69) is 0 Å². The molecule has 2 N–H and O–H groups in total. The number of amides is 1. The number of hydrogen-bond acceptors (Lipinski definition) is 3. The molecule has 110 valence electrons. The van der Waals surface area contributed by atoms with Gasteiger partial charge >= 0.3 is 0 Å². The summed E-state index contributed by atoms with van der Waals surface area (Å²) in [4.78, 5) is 14.6. The van der Waals surface area contributed by atoms with Gasteiger partial charge in [-0.25, -0.2) is 4.39 Å². The zero-order chi connectivity index (χ0) is 14.4. The average molecular weight is 296 g/mol. The van der Waals surface area contributed by atoms with Gasteiger partial charge in [0.25, 0.3) is 0 Å². The van der Waals surface area contributed by atoms with Crippen LogP contribution in [0.25, 0.3) is 0 Å². The number of carbonyl (C=O) groups excluding carboxylic acids is 1. The smallest absolute Gasteiger partial charge is 0.232 e. The number of halogens is 1. The second-order valence-corrected chi connectivity index (χ2v) is 6.14. The molecule has 3 nitrogen and oxygen atoms in total. The van der Waals surface area contributed by atoms with Crippen LogP contribution in [0.1, 0.15) is 32.1 Å². The van der Waals surface area contributed by atoms with Crippen LogP contribution in [0.3, 0.4) is 0 Å². The van der Waals surface area contributed by atoms with E-state index in [1.165, 1.54) is 37.1 Å². The van der Waals surface area contributed by atoms with Crippen LogP contribution in [0, 0.1) is 5.82 Å². The molecule has 1 amide bonds. The molecule has 1 aromatic carbocycles. The van der Waals surface area contributed by atoms with Crippen molar-refractivity contribution >= 4 is 23.4 Å². The van der Waals surface area contributed by atoms with Crippen LogP contribution in [0.5, 0.6) is 0 Å². The van der Waals surface area contributed by atoms with Crippen molar-refractivity contribution in [3.05, 3.63) is 24.0 Å². The highest BCUT2D eigenvalue weighted by Crippen LogP contribution is 2.24. The van der Waals surface area contributed by atoms with Gasteiger partial charge in [-0.3, -0.25) is 4.79 Å². The Hall–Kier alpha value is -1.23. The molecule has 20 heavy (non-hydrogen) atoms. The Balaban J connectivity index is 1.87. The summed E-state index contributed by atoms with van der Waals surface area (Å²) < 4.78 is 13.6. The number of thioether (sulfide) groups is 1. The summed E-state index contributed by atoms with van der Waals surface area (Å²) >= 11 is 1.25. The number of likely N-dealkylation sites (tertiary alicyclic amines) is 1. The number of benzene rings is 1. The van der Waals surface area contributed by atoms with Gasteiger partial charge < -0.3 is 10.6 Å². The van der Waals surface area contributed by atoms with Gasteiger partial charge in [-0.05, 0) is 31.0 Å². The molecule has 0 spiro atoms. The first kappa shape index (κ1) is 15.2. The molecule has 0 radical (unpaired) electrons. The molecule has 0 atom stereocenters. The van der Waals surface area contributed by atoms with Gasteiger partial charge in [-0.2, -0.15) is 0 Å². The Bertz CT molecular complexity index is 459. The van der Waals surface area contributed by atoms with E-state index in [4.69, 9.17) is 5.73 Å². The van der Waals surface area contributed by atoms with E-state index in [0.717, 1.165) is 25.9 Å². The van der Waals surface area contributed by atoms with E-state index >= 15 is 0 Å². The van der Waals surface area contributed by atoms with Crippen LogP contribution in [0.4, 0.5) is 10.1 Å². The molecule has 5 heteroatoms. The zero-order valence-corrected chi connectivity index (χ0v) is 12.4. The van der Waals surface area contributed by atoms with Crippen molar-refractivity contribution in [2.75, 3.05) is 24.6 Å². The first-order valence-electron chi connectivity index (χ1n) is 7.12. The summed E-state index contributed by atoms with van der Waals surface area (Å²) in [6.07, 6.45) is 5.82. The van der Waals surface area contributed by atoms with Crippen molar-refractivity contribution in [2.24, 2.45) is 0 Å². The van der Waals surface area contributed by atoms with Crippen LogP contribution in [0.2, 0.25) is 0 Å². The van der Waals surface area contributed by atoms with E-state index in [1.54, 1.807) is 12.1 Å². The minimum atomic E-state index is -0.351. The van der Waals surface area contributed by atoms with Gasteiger partial charge in [0, 0.05) is 23.7 Å². The van der Waals surface area contributed by atoms with Crippen molar-refractivity contribution in [3.8, 4) is 0 Å². The van der Waals surface area contributed by atoms with Crippen molar-refractivity contribution in [2.45, 2.75) is 37.0 Å². The molecule has 1 fully saturated rings. The van der Waals surface area contributed by atoms with Crippen molar-refractivity contribution in [3.63, 3.8) is 0 Å². The van der Waals surface area contributed by atoms with Crippen LogP contribution < -0.4 is 5.73 Å². The predicted molar refractivity (Wildman–Crippen MR) is 81.2 cm³/mol. The van der Waals surface area contributed by atoms with Gasteiger partial charge in [-0.1, -0.05) is 19.3 Å². The maximum absolute atomic E-state index is 13.6. The summed E-state index contributed by atoms with van der Waals surface area (Å²) in [5.74, 6) is 0.0458. The highest BCUT2D eigenvalue weighted by Gasteiger charge is 2.15. The number of rotatable bonds is 3. The Morgan fingerprint density at radius 3 is 2.50 bits per heavy atom. The lowest BCUT2D eigenvalue weighted by molar-refractivity contribution is -0.128. The molecule has 1 aliphatic rings. The number of nitrogens with two attached hydrogens (primary N) is 1. The summed E-state index contributed by atoms with van der Waals surface area (Å²) in [6, 6.07) is 4.59. The summed E-state index contributed by atoms with van der Waals surface area (Å²) in [6.45, 7) is 1.67. The van der Waals surface area contributed by atoms with Gasteiger partial charge in [0.15, 0.2) is 0 Å². The van der Waals surface area contributed by atoms with Crippen LogP contribution in [-0.2, 0) is 4.79 Å². The first-order chi connectivity index (χ1) is 9.66. The van der Waals surface area contributed by atoms with Crippen molar-refractivity contribution in [1.82, 2.24) is 4.90 Å². The first-order valence-corrected chi connectivity index (χ1v) is 8.11. The third-order valence-electron chi connectivity index (χ3n) is 3.52. The average Bonchev–Trinajstić information content (AvgIpc) is 2.37. The molecule has 1 aromatic rings. The van der Waals surface area contributed by atoms with Crippen LogP contribution in [0.15, 0.2) is 23.1 Å². The molecular weight excluding hydrogens is 275 g/mol. The van der Waals surface area contributed by atoms with Crippen molar-refractivity contribution < 1.29 is 9.18 Å². The predicted octanol–water partition coefficient (Wildman–Crippen LogP) is 3.29. The minimum Gasteiger partial charge on any atom is -0.399 e. The van der Waals surface area contributed by atoms with E-state index in [9.17, 15) is 9.18 Å². The minimum absolute atomic E-state index is 0.105. The van der Waals surface area contributed by atoms with Crippen LogP contribution in [-0.4, -0.2) is 29.6 Å². The zero-order valence-electron chi connectivity index (χ0n) is 11.6. The monoisotopic (exact) mass is 296 g/mol. The number of carbonyl (C=O) groups is 1. The van der Waals surface area contributed by atoms with Gasteiger partial charge in [0.1, 0.15) is 5.82 Å². The molecule has 0 unspecified atom stereocenters. The Morgan fingerprint density at radius 1 is 1.20 bits per heavy atom. The third-order valence-corrected chi connectivity index (χ3v) is 4.55. The SMILES string of the molecule is Nc1ccc(SCC(=O)N2CCCCCCC2)c(F)c1. The normalized spacial score (nSPS) is 16.6. The fourth-order valence-corrected chi connectivity index (χ4v) is 3.18. The Kier molecular flexibility index (Phi) is 5.71. The van der Waals surface area contributed by atoms with E-state index in [-0.39, 0.29) is 11.7 Å². The van der Waals surface area contributed by atoms with Gasteiger partial charge in [0.05, 0.1) is 5.75 Å².